The van der Waals surface area contributed by atoms with Crippen molar-refractivity contribution >= 4 is 24.5 Å². The minimum atomic E-state index is -1.47. The van der Waals surface area contributed by atoms with Gasteiger partial charge in [0.25, 0.3) is 0 Å². The molecule has 0 aliphatic carbocycles. The van der Waals surface area contributed by atoms with Crippen molar-refractivity contribution in [3.05, 3.63) is 23.9 Å². The molecule has 1 spiro atoms. The van der Waals surface area contributed by atoms with Gasteiger partial charge in [0.15, 0.2) is 5.78 Å². The molecule has 2 aliphatic rings. The van der Waals surface area contributed by atoms with E-state index in [-0.39, 0.29) is 18.9 Å². The lowest BCUT2D eigenvalue weighted by atomic mass is 9.84. The van der Waals surface area contributed by atoms with Crippen LogP contribution >= 0.6 is 0 Å². The van der Waals surface area contributed by atoms with Gasteiger partial charge in [-0.1, -0.05) is 6.07 Å². The zero-order valence-corrected chi connectivity index (χ0v) is 10.8. The fourth-order valence-electron chi connectivity index (χ4n) is 2.37. The molecule has 1 aromatic heterocycles. The van der Waals surface area contributed by atoms with Crippen LogP contribution in [0.5, 0.6) is 0 Å². The summed E-state index contributed by atoms with van der Waals surface area (Å²) in [6, 6.07) is 3.59. The van der Waals surface area contributed by atoms with E-state index in [0.29, 0.717) is 5.59 Å². The number of carbonyl (C=O) groups excluding carboxylic acids is 2. The standard InChI is InChI=1S/C12H13BN2O4/c1-8-3-4-10(14-5-8)13-18-11(17)12(19-13)7-15(2)6-9(12)16/h3-5H,6-7H2,1-2H3. The molecule has 6 nitrogen and oxygen atoms in total. The molecule has 1 atom stereocenters. The van der Waals surface area contributed by atoms with Crippen molar-refractivity contribution in [1.29, 1.82) is 0 Å². The predicted octanol–water partition coefficient (Wildman–Crippen LogP) is -1.09. The van der Waals surface area contributed by atoms with Gasteiger partial charge in [0, 0.05) is 12.7 Å². The number of likely N-dealkylation sites (N-methyl/N-ethyl adjacent to an activating group) is 1. The van der Waals surface area contributed by atoms with Gasteiger partial charge >= 0.3 is 13.1 Å². The molecule has 0 radical (unpaired) electrons. The number of nitrogens with zero attached hydrogens (tertiary/aromatic N) is 2. The topological polar surface area (TPSA) is 68.7 Å². The summed E-state index contributed by atoms with van der Waals surface area (Å²) in [5.74, 6) is -0.871. The molecule has 0 aromatic carbocycles. The lowest BCUT2D eigenvalue weighted by Crippen LogP contribution is -2.46. The summed E-state index contributed by atoms with van der Waals surface area (Å²) in [4.78, 5) is 29.9. The molecule has 2 saturated heterocycles. The van der Waals surface area contributed by atoms with E-state index < -0.39 is 18.7 Å². The zero-order chi connectivity index (χ0) is 13.6. The SMILES string of the molecule is Cc1ccc(B2OC(=O)C3(CN(C)CC3=O)O2)nc1. The molecule has 3 heterocycles. The highest BCUT2D eigenvalue weighted by Crippen LogP contribution is 2.29. The van der Waals surface area contributed by atoms with E-state index in [1.54, 1.807) is 24.2 Å². The summed E-state index contributed by atoms with van der Waals surface area (Å²) in [6.45, 7) is 2.34. The third kappa shape index (κ3) is 1.86. The lowest BCUT2D eigenvalue weighted by molar-refractivity contribution is -0.148. The van der Waals surface area contributed by atoms with Gasteiger partial charge in [0.2, 0.25) is 5.60 Å². The van der Waals surface area contributed by atoms with E-state index in [1.165, 1.54) is 0 Å². The second-order valence-electron chi connectivity index (χ2n) is 5.04. The van der Waals surface area contributed by atoms with Crippen molar-refractivity contribution in [2.75, 3.05) is 20.1 Å². The molecular weight excluding hydrogens is 247 g/mol. The van der Waals surface area contributed by atoms with Crippen molar-refractivity contribution in [1.82, 2.24) is 9.88 Å². The van der Waals surface area contributed by atoms with Gasteiger partial charge in [-0.05, 0) is 25.6 Å². The van der Waals surface area contributed by atoms with E-state index in [9.17, 15) is 9.59 Å². The number of pyridine rings is 1. The Labute approximate surface area is 110 Å². The molecule has 1 aromatic rings. The van der Waals surface area contributed by atoms with Gasteiger partial charge in [-0.25, -0.2) is 0 Å². The monoisotopic (exact) mass is 260 g/mol. The van der Waals surface area contributed by atoms with Gasteiger partial charge in [-0.2, -0.15) is 0 Å². The number of likely N-dealkylation sites (tertiary alicyclic amines) is 1. The quantitative estimate of drug-likeness (QED) is 0.472. The number of hydrogen-bond acceptors (Lipinski definition) is 6. The first-order chi connectivity index (χ1) is 9.01. The summed E-state index contributed by atoms with van der Waals surface area (Å²) >= 11 is 0. The largest absolute Gasteiger partial charge is 0.585 e. The number of ketones is 1. The predicted molar refractivity (Wildman–Crippen MR) is 66.8 cm³/mol. The molecular formula is C12H13BN2O4. The molecule has 2 aliphatic heterocycles. The maximum atomic E-state index is 12.0. The summed E-state index contributed by atoms with van der Waals surface area (Å²) in [5, 5.41) is 0. The second kappa shape index (κ2) is 4.14. The summed E-state index contributed by atoms with van der Waals surface area (Å²) in [7, 11) is 0.865. The van der Waals surface area contributed by atoms with Gasteiger partial charge in [-0.3, -0.25) is 19.5 Å². The first-order valence-corrected chi connectivity index (χ1v) is 6.04. The molecule has 19 heavy (non-hydrogen) atoms. The number of hydrogen-bond donors (Lipinski definition) is 0. The first-order valence-electron chi connectivity index (χ1n) is 6.04. The van der Waals surface area contributed by atoms with Crippen molar-refractivity contribution in [2.24, 2.45) is 0 Å². The Morgan fingerprint density at radius 2 is 2.21 bits per heavy atom. The van der Waals surface area contributed by atoms with Crippen molar-refractivity contribution < 1.29 is 18.9 Å². The Hall–Kier alpha value is -1.73. The highest BCUT2D eigenvalue weighted by atomic mass is 16.7. The number of carbonyl (C=O) groups is 2. The molecule has 0 bridgehead atoms. The van der Waals surface area contributed by atoms with Crippen molar-refractivity contribution in [3.8, 4) is 0 Å². The maximum absolute atomic E-state index is 12.0. The number of Topliss-reactive ketones (excluding diaryl/α,β-unsaturated/α-hetero) is 1. The van der Waals surface area contributed by atoms with Crippen LogP contribution in [0.1, 0.15) is 5.56 Å². The number of aryl methyl sites for hydroxylation is 1. The average Bonchev–Trinajstić information content (AvgIpc) is 2.82. The van der Waals surface area contributed by atoms with Crippen LogP contribution in [0.15, 0.2) is 18.3 Å². The molecule has 0 amide bonds. The summed E-state index contributed by atoms with van der Waals surface area (Å²) in [6.07, 6.45) is 1.67. The van der Waals surface area contributed by atoms with E-state index in [0.717, 1.165) is 5.56 Å². The molecule has 0 N–H and O–H groups in total. The Morgan fingerprint density at radius 3 is 2.79 bits per heavy atom. The Bertz CT molecular complexity index is 547. The number of rotatable bonds is 1. The van der Waals surface area contributed by atoms with Crippen LogP contribution in [-0.2, 0) is 18.9 Å². The normalized spacial score (nSPS) is 27.4. The van der Waals surface area contributed by atoms with Gasteiger partial charge in [0.1, 0.15) is 0 Å². The molecule has 3 rings (SSSR count). The minimum absolute atomic E-state index is 0.198. The Balaban J connectivity index is 1.88. The molecule has 2 fully saturated rings. The van der Waals surface area contributed by atoms with Crippen LogP contribution < -0.4 is 5.59 Å². The van der Waals surface area contributed by atoms with E-state index in [2.05, 4.69) is 4.98 Å². The fraction of sp³-hybridized carbons (Fsp3) is 0.417. The van der Waals surface area contributed by atoms with Crippen LogP contribution in [0.25, 0.3) is 0 Å². The molecule has 98 valence electrons. The van der Waals surface area contributed by atoms with Gasteiger partial charge in [-0.15, -0.1) is 0 Å². The highest BCUT2D eigenvalue weighted by molar-refractivity contribution is 6.64. The summed E-state index contributed by atoms with van der Waals surface area (Å²) in [5.41, 5.74) is 0.0315. The van der Waals surface area contributed by atoms with Gasteiger partial charge < -0.3 is 9.31 Å². The van der Waals surface area contributed by atoms with Crippen LogP contribution in [-0.4, -0.2) is 54.5 Å². The van der Waals surface area contributed by atoms with Crippen LogP contribution in [0.4, 0.5) is 0 Å². The Morgan fingerprint density at radius 1 is 1.42 bits per heavy atom. The third-order valence-corrected chi connectivity index (χ3v) is 3.38. The first kappa shape index (κ1) is 12.3. The smallest absolute Gasteiger partial charge is 0.502 e. The van der Waals surface area contributed by atoms with E-state index >= 15 is 0 Å². The zero-order valence-electron chi connectivity index (χ0n) is 10.8. The van der Waals surface area contributed by atoms with Crippen molar-refractivity contribution in [3.63, 3.8) is 0 Å². The van der Waals surface area contributed by atoms with Crippen molar-refractivity contribution in [2.45, 2.75) is 12.5 Å². The highest BCUT2D eigenvalue weighted by Gasteiger charge is 2.61. The molecule has 0 saturated carbocycles. The Kier molecular flexibility index (Phi) is 2.69. The van der Waals surface area contributed by atoms with Crippen LogP contribution in [0, 0.1) is 6.92 Å². The fourth-order valence-corrected chi connectivity index (χ4v) is 2.37. The second-order valence-corrected chi connectivity index (χ2v) is 5.04. The summed E-state index contributed by atoms with van der Waals surface area (Å²) < 4.78 is 10.8. The molecule has 7 heteroatoms. The van der Waals surface area contributed by atoms with E-state index in [1.807, 2.05) is 13.0 Å². The van der Waals surface area contributed by atoms with E-state index in [4.69, 9.17) is 9.31 Å². The lowest BCUT2D eigenvalue weighted by Gasteiger charge is -2.16. The van der Waals surface area contributed by atoms with Crippen LogP contribution in [0.2, 0.25) is 0 Å². The number of aromatic nitrogens is 1. The van der Waals surface area contributed by atoms with Gasteiger partial charge in [0.05, 0.1) is 12.1 Å². The average molecular weight is 260 g/mol. The van der Waals surface area contributed by atoms with Crippen LogP contribution in [0.3, 0.4) is 0 Å². The third-order valence-electron chi connectivity index (χ3n) is 3.38. The maximum Gasteiger partial charge on any atom is 0.585 e. The molecule has 1 unspecified atom stereocenters. The minimum Gasteiger partial charge on any atom is -0.502 e.